The Bertz CT molecular complexity index is 540. The van der Waals surface area contributed by atoms with Crippen LogP contribution in [0.15, 0.2) is 23.1 Å². The minimum atomic E-state index is -3.09. The Balaban J connectivity index is 2.73. The summed E-state index contributed by atoms with van der Waals surface area (Å²) in [5.74, 6) is -1.48. The molecule has 0 aromatic heterocycles. The Hall–Kier alpha value is -1.08. The SMILES string of the molecule is CCS(=O)(=O)CCSc1cc(C(=O)O)ccc1F. The van der Waals surface area contributed by atoms with Gasteiger partial charge in [-0.2, -0.15) is 0 Å². The molecule has 0 spiro atoms. The molecule has 0 aliphatic carbocycles. The third kappa shape index (κ3) is 4.30. The fraction of sp³-hybridized carbons (Fsp3) is 0.364. The molecule has 0 atom stereocenters. The molecule has 7 heteroatoms. The first-order valence-corrected chi connectivity index (χ1v) is 8.02. The first kappa shape index (κ1) is 15.0. The summed E-state index contributed by atoms with van der Waals surface area (Å²) < 4.78 is 35.9. The molecule has 1 aromatic carbocycles. The minimum Gasteiger partial charge on any atom is -0.478 e. The quantitative estimate of drug-likeness (QED) is 0.812. The molecule has 0 amide bonds. The summed E-state index contributed by atoms with van der Waals surface area (Å²) in [6.07, 6.45) is 0. The van der Waals surface area contributed by atoms with Crippen LogP contribution in [0.1, 0.15) is 17.3 Å². The molecule has 0 saturated heterocycles. The van der Waals surface area contributed by atoms with Gasteiger partial charge in [0.1, 0.15) is 5.82 Å². The lowest BCUT2D eigenvalue weighted by atomic mass is 10.2. The molecule has 0 heterocycles. The number of carbonyl (C=O) groups is 1. The van der Waals surface area contributed by atoms with Gasteiger partial charge >= 0.3 is 5.97 Å². The van der Waals surface area contributed by atoms with Crippen LogP contribution in [0.3, 0.4) is 0 Å². The second-order valence-electron chi connectivity index (χ2n) is 3.54. The molecular formula is C11H13FO4S2. The van der Waals surface area contributed by atoms with E-state index >= 15 is 0 Å². The Morgan fingerprint density at radius 3 is 2.67 bits per heavy atom. The van der Waals surface area contributed by atoms with E-state index < -0.39 is 21.6 Å². The molecule has 0 saturated carbocycles. The number of halogens is 1. The predicted octanol–water partition coefficient (Wildman–Crippen LogP) is 2.05. The van der Waals surface area contributed by atoms with E-state index in [1.54, 1.807) is 6.92 Å². The summed E-state index contributed by atoms with van der Waals surface area (Å²) in [5, 5.41) is 8.77. The van der Waals surface area contributed by atoms with Gasteiger partial charge in [-0.25, -0.2) is 17.6 Å². The van der Waals surface area contributed by atoms with Crippen LogP contribution in [0.4, 0.5) is 4.39 Å². The van der Waals surface area contributed by atoms with Crippen LogP contribution in [0.2, 0.25) is 0 Å². The monoisotopic (exact) mass is 292 g/mol. The number of thioether (sulfide) groups is 1. The molecule has 0 bridgehead atoms. The van der Waals surface area contributed by atoms with Crippen molar-refractivity contribution < 1.29 is 22.7 Å². The zero-order valence-electron chi connectivity index (χ0n) is 9.72. The smallest absolute Gasteiger partial charge is 0.335 e. The van der Waals surface area contributed by atoms with E-state index in [4.69, 9.17) is 5.11 Å². The molecule has 0 radical (unpaired) electrons. The maximum absolute atomic E-state index is 13.4. The predicted molar refractivity (Wildman–Crippen MR) is 68.4 cm³/mol. The van der Waals surface area contributed by atoms with Crippen LogP contribution in [0.25, 0.3) is 0 Å². The second-order valence-corrected chi connectivity index (χ2v) is 7.14. The van der Waals surface area contributed by atoms with Gasteiger partial charge in [-0.3, -0.25) is 0 Å². The van der Waals surface area contributed by atoms with Gasteiger partial charge in [0.05, 0.1) is 11.3 Å². The van der Waals surface area contributed by atoms with Crippen LogP contribution >= 0.6 is 11.8 Å². The average molecular weight is 292 g/mol. The number of sulfone groups is 1. The zero-order chi connectivity index (χ0) is 13.8. The van der Waals surface area contributed by atoms with Gasteiger partial charge in [-0.1, -0.05) is 6.92 Å². The molecule has 1 N–H and O–H groups in total. The van der Waals surface area contributed by atoms with Crippen molar-refractivity contribution in [3.63, 3.8) is 0 Å². The average Bonchev–Trinajstić information content (AvgIpc) is 2.31. The van der Waals surface area contributed by atoms with E-state index in [1.165, 1.54) is 12.1 Å². The van der Waals surface area contributed by atoms with Crippen molar-refractivity contribution in [1.82, 2.24) is 0 Å². The summed E-state index contributed by atoms with van der Waals surface area (Å²) in [6, 6.07) is 3.45. The number of carboxylic acid groups (broad SMARTS) is 1. The summed E-state index contributed by atoms with van der Waals surface area (Å²) in [6.45, 7) is 1.55. The zero-order valence-corrected chi connectivity index (χ0v) is 11.4. The van der Waals surface area contributed by atoms with Crippen molar-refractivity contribution in [3.05, 3.63) is 29.6 Å². The van der Waals surface area contributed by atoms with Gasteiger partial charge in [-0.15, -0.1) is 11.8 Å². The van der Waals surface area contributed by atoms with Crippen molar-refractivity contribution in [2.75, 3.05) is 17.3 Å². The molecule has 1 aromatic rings. The van der Waals surface area contributed by atoms with Crippen molar-refractivity contribution in [2.45, 2.75) is 11.8 Å². The highest BCUT2D eigenvalue weighted by Gasteiger charge is 2.11. The van der Waals surface area contributed by atoms with Crippen molar-refractivity contribution in [3.8, 4) is 0 Å². The third-order valence-electron chi connectivity index (χ3n) is 2.27. The Morgan fingerprint density at radius 1 is 1.44 bits per heavy atom. The normalized spacial score (nSPS) is 11.4. The lowest BCUT2D eigenvalue weighted by Gasteiger charge is -2.04. The van der Waals surface area contributed by atoms with Crippen molar-refractivity contribution in [1.29, 1.82) is 0 Å². The van der Waals surface area contributed by atoms with Crippen molar-refractivity contribution >= 4 is 27.6 Å². The van der Waals surface area contributed by atoms with E-state index in [1.807, 2.05) is 0 Å². The lowest BCUT2D eigenvalue weighted by molar-refractivity contribution is 0.0696. The molecule has 18 heavy (non-hydrogen) atoms. The number of benzene rings is 1. The van der Waals surface area contributed by atoms with Gasteiger partial charge in [0.25, 0.3) is 0 Å². The molecule has 0 aliphatic heterocycles. The van der Waals surface area contributed by atoms with Crippen LogP contribution in [0, 0.1) is 5.82 Å². The molecule has 4 nitrogen and oxygen atoms in total. The highest BCUT2D eigenvalue weighted by molar-refractivity contribution is 8.00. The molecule has 0 fully saturated rings. The number of hydrogen-bond donors (Lipinski definition) is 1. The molecular weight excluding hydrogens is 279 g/mol. The van der Waals surface area contributed by atoms with E-state index in [2.05, 4.69) is 0 Å². The third-order valence-corrected chi connectivity index (χ3v) is 5.27. The van der Waals surface area contributed by atoms with Gasteiger partial charge in [-0.05, 0) is 18.2 Å². The number of carboxylic acids is 1. The molecule has 1 rings (SSSR count). The van der Waals surface area contributed by atoms with E-state index in [0.29, 0.717) is 0 Å². The summed E-state index contributed by atoms with van der Waals surface area (Å²) in [5.41, 5.74) is -0.0164. The first-order valence-electron chi connectivity index (χ1n) is 5.22. The maximum Gasteiger partial charge on any atom is 0.335 e. The lowest BCUT2D eigenvalue weighted by Crippen LogP contribution is -2.10. The van der Waals surface area contributed by atoms with Crippen LogP contribution in [0.5, 0.6) is 0 Å². The molecule has 100 valence electrons. The minimum absolute atomic E-state index is 0.0164. The summed E-state index contributed by atoms with van der Waals surface area (Å²) in [4.78, 5) is 10.9. The highest BCUT2D eigenvalue weighted by Crippen LogP contribution is 2.23. The van der Waals surface area contributed by atoms with Crippen LogP contribution < -0.4 is 0 Å². The highest BCUT2D eigenvalue weighted by atomic mass is 32.2. The standard InChI is InChI=1S/C11H13FO4S2/c1-2-18(15,16)6-5-17-10-7-8(11(13)14)3-4-9(10)12/h3-4,7H,2,5-6H2,1H3,(H,13,14). The Kier molecular flexibility index (Phi) is 5.15. The number of aromatic carboxylic acids is 1. The largest absolute Gasteiger partial charge is 0.478 e. The summed E-state index contributed by atoms with van der Waals surface area (Å²) >= 11 is 1.00. The van der Waals surface area contributed by atoms with Gasteiger partial charge in [0, 0.05) is 16.4 Å². The van der Waals surface area contributed by atoms with Crippen molar-refractivity contribution in [2.24, 2.45) is 0 Å². The molecule has 0 aliphatic rings. The fourth-order valence-electron chi connectivity index (χ4n) is 1.17. The first-order chi connectivity index (χ1) is 8.35. The van der Waals surface area contributed by atoms with Crippen LogP contribution in [-0.2, 0) is 9.84 Å². The second kappa shape index (κ2) is 6.19. The molecule has 0 unspecified atom stereocenters. The number of hydrogen-bond acceptors (Lipinski definition) is 4. The van der Waals surface area contributed by atoms with E-state index in [0.717, 1.165) is 17.8 Å². The number of rotatable bonds is 6. The topological polar surface area (TPSA) is 71.4 Å². The van der Waals surface area contributed by atoms with Gasteiger partial charge in [0.15, 0.2) is 9.84 Å². The van der Waals surface area contributed by atoms with Crippen LogP contribution in [-0.4, -0.2) is 36.8 Å². The van der Waals surface area contributed by atoms with Gasteiger partial charge in [0.2, 0.25) is 0 Å². The summed E-state index contributed by atoms with van der Waals surface area (Å²) in [7, 11) is -3.09. The van der Waals surface area contributed by atoms with E-state index in [9.17, 15) is 17.6 Å². The maximum atomic E-state index is 13.4. The van der Waals surface area contributed by atoms with E-state index in [-0.39, 0.29) is 27.7 Å². The Morgan fingerprint density at radius 2 is 2.11 bits per heavy atom. The Labute approximate surface area is 109 Å². The fourth-order valence-corrected chi connectivity index (χ4v) is 3.44. The van der Waals surface area contributed by atoms with Gasteiger partial charge < -0.3 is 5.11 Å².